The number of halogens is 3. The quantitative estimate of drug-likeness (QED) is 0.256. The minimum Gasteiger partial charge on any atom is -0.427 e. The fourth-order valence-corrected chi connectivity index (χ4v) is 9.33. The third-order valence-corrected chi connectivity index (χ3v) is 10.5. The number of carbonyl (C=O) groups is 2. The van der Waals surface area contributed by atoms with Crippen LogP contribution in [-0.2, 0) is 19.1 Å². The summed E-state index contributed by atoms with van der Waals surface area (Å²) >= 11 is 0. The molecule has 2 saturated heterocycles. The van der Waals surface area contributed by atoms with E-state index in [4.69, 9.17) is 9.47 Å². The number of hydrogen-bond acceptors (Lipinski definition) is 4. The highest BCUT2D eigenvalue weighted by Crippen LogP contribution is 2.70. The standard InChI is InChI=1S/C33H39F3N2O4/c1-20(2)19-38(4)16-15-31-24-11-8-12-28(31)42-32(14-13-27(41-21(3)39)23(29(31)32)18-26(24)38)37-30(40)25(33(34,35)36)17-22-9-6-5-7-10-22/h5-7,9-10,13-14,17,20,24,26,28-29H,8,11-12,15-16,18-19H2,1-4H3/p+1/t24-,26+,28+,29?,31+,32?,38?/m0/s1. The maximum absolute atomic E-state index is 14.3. The summed E-state index contributed by atoms with van der Waals surface area (Å²) in [5.41, 5.74) is -1.94. The Morgan fingerprint density at radius 1 is 1.21 bits per heavy atom. The van der Waals surface area contributed by atoms with E-state index in [0.29, 0.717) is 18.1 Å². The zero-order chi connectivity index (χ0) is 30.1. The molecule has 2 bridgehead atoms. The van der Waals surface area contributed by atoms with E-state index in [1.165, 1.54) is 19.1 Å². The predicted octanol–water partition coefficient (Wildman–Crippen LogP) is 5.91. The minimum absolute atomic E-state index is 0.221. The van der Waals surface area contributed by atoms with Gasteiger partial charge in [-0.2, -0.15) is 13.2 Å². The van der Waals surface area contributed by atoms with Crippen LogP contribution in [0.15, 0.2) is 59.4 Å². The maximum atomic E-state index is 14.3. The van der Waals surface area contributed by atoms with Crippen LogP contribution < -0.4 is 5.32 Å². The van der Waals surface area contributed by atoms with Crippen LogP contribution in [0.2, 0.25) is 0 Å². The van der Waals surface area contributed by atoms with Crippen molar-refractivity contribution in [2.75, 3.05) is 20.1 Å². The van der Waals surface area contributed by atoms with Gasteiger partial charge in [0.15, 0.2) is 5.72 Å². The molecule has 9 heteroatoms. The number of quaternary nitrogens is 1. The van der Waals surface area contributed by atoms with Crippen molar-refractivity contribution in [2.24, 2.45) is 23.2 Å². The van der Waals surface area contributed by atoms with Crippen molar-refractivity contribution in [3.05, 3.63) is 65.0 Å². The number of alkyl halides is 3. The molecule has 2 heterocycles. The van der Waals surface area contributed by atoms with Gasteiger partial charge in [-0.05, 0) is 42.2 Å². The molecule has 0 aromatic heterocycles. The van der Waals surface area contributed by atoms with Gasteiger partial charge in [-0.3, -0.25) is 9.59 Å². The van der Waals surface area contributed by atoms with E-state index in [-0.39, 0.29) is 29.0 Å². The zero-order valence-corrected chi connectivity index (χ0v) is 24.7. The fourth-order valence-electron chi connectivity index (χ4n) is 9.33. The van der Waals surface area contributed by atoms with Crippen LogP contribution >= 0.6 is 0 Å². The van der Waals surface area contributed by atoms with Gasteiger partial charge in [0.1, 0.15) is 11.3 Å². The van der Waals surface area contributed by atoms with Gasteiger partial charge < -0.3 is 19.3 Å². The van der Waals surface area contributed by atoms with Crippen molar-refractivity contribution in [1.29, 1.82) is 0 Å². The lowest BCUT2D eigenvalue weighted by Gasteiger charge is -2.64. The second kappa shape index (κ2) is 10.1. The van der Waals surface area contributed by atoms with Crippen molar-refractivity contribution >= 4 is 18.0 Å². The summed E-state index contributed by atoms with van der Waals surface area (Å²) < 4.78 is 56.5. The molecule has 6 nitrogen and oxygen atoms in total. The molecule has 1 N–H and O–H groups in total. The Morgan fingerprint density at radius 2 is 1.95 bits per heavy atom. The normalized spacial score (nSPS) is 37.0. The first-order valence-corrected chi connectivity index (χ1v) is 15.1. The van der Waals surface area contributed by atoms with Crippen LogP contribution in [0, 0.1) is 23.2 Å². The second-order valence-electron chi connectivity index (χ2n) is 13.5. The molecule has 5 aliphatic rings. The summed E-state index contributed by atoms with van der Waals surface area (Å²) in [6.07, 6.45) is 3.28. The number of likely N-dealkylation sites (tertiary alicyclic amines) is 1. The molecule has 226 valence electrons. The van der Waals surface area contributed by atoms with Gasteiger partial charge in [0.05, 0.1) is 32.3 Å². The third-order valence-electron chi connectivity index (χ3n) is 10.5. The van der Waals surface area contributed by atoms with Crippen molar-refractivity contribution in [3.8, 4) is 0 Å². The van der Waals surface area contributed by atoms with Gasteiger partial charge in [0.25, 0.3) is 5.91 Å². The number of ether oxygens (including phenoxy) is 2. The van der Waals surface area contributed by atoms with Gasteiger partial charge in [-0.25, -0.2) is 0 Å². The van der Waals surface area contributed by atoms with Crippen molar-refractivity contribution in [1.82, 2.24) is 5.32 Å². The van der Waals surface area contributed by atoms with E-state index in [2.05, 4.69) is 26.2 Å². The number of nitrogens with zero attached hydrogens (tertiary/aromatic N) is 1. The molecule has 1 aromatic carbocycles. The Hall–Kier alpha value is -2.91. The number of hydrogen-bond donors (Lipinski definition) is 1. The second-order valence-corrected chi connectivity index (χ2v) is 13.5. The third kappa shape index (κ3) is 4.55. The van der Waals surface area contributed by atoms with Crippen LogP contribution in [0.4, 0.5) is 13.2 Å². The number of piperidine rings is 1. The van der Waals surface area contributed by atoms with E-state index in [9.17, 15) is 22.8 Å². The molecule has 2 aliphatic heterocycles. The molecule has 1 aromatic rings. The SMILES string of the molecule is CC(=O)OC1=C2C[C@@H]3[C@@H]4CCC[C@H]5OC(NC(=O)C(=Cc6ccccc6)C(F)(F)F)(C=C1)C2[C@@]54CC[N+]3(C)CC(C)C. The van der Waals surface area contributed by atoms with Gasteiger partial charge >= 0.3 is 12.1 Å². The Labute approximate surface area is 245 Å². The molecular formula is C33H40F3N2O4+. The number of amides is 1. The van der Waals surface area contributed by atoms with Crippen LogP contribution in [-0.4, -0.2) is 60.5 Å². The smallest absolute Gasteiger partial charge is 0.421 e. The summed E-state index contributed by atoms with van der Waals surface area (Å²) in [6.45, 7) is 7.77. The van der Waals surface area contributed by atoms with Gasteiger partial charge in [-0.1, -0.05) is 50.6 Å². The summed E-state index contributed by atoms with van der Waals surface area (Å²) in [5, 5.41) is 2.77. The molecule has 3 unspecified atom stereocenters. The number of allylic oxidation sites excluding steroid dienone is 1. The van der Waals surface area contributed by atoms with Crippen molar-refractivity contribution in [3.63, 3.8) is 0 Å². The average molecular weight is 586 g/mol. The molecule has 2 saturated carbocycles. The first kappa shape index (κ1) is 29.2. The molecule has 7 atom stereocenters. The molecule has 1 amide bonds. The predicted molar refractivity (Wildman–Crippen MR) is 151 cm³/mol. The maximum Gasteiger partial charge on any atom is 0.421 e. The Morgan fingerprint density at radius 3 is 2.62 bits per heavy atom. The molecule has 42 heavy (non-hydrogen) atoms. The number of esters is 1. The lowest BCUT2D eigenvalue weighted by atomic mass is 9.46. The number of rotatable bonds is 6. The number of nitrogens with one attached hydrogen (secondary N) is 1. The van der Waals surface area contributed by atoms with E-state index in [0.717, 1.165) is 54.9 Å². The van der Waals surface area contributed by atoms with Crippen LogP contribution in [0.25, 0.3) is 6.08 Å². The highest BCUT2D eigenvalue weighted by atomic mass is 19.4. The van der Waals surface area contributed by atoms with Crippen molar-refractivity contribution in [2.45, 2.75) is 76.9 Å². The van der Waals surface area contributed by atoms with Crippen LogP contribution in [0.3, 0.4) is 0 Å². The van der Waals surface area contributed by atoms with E-state index in [1.807, 2.05) is 0 Å². The minimum atomic E-state index is -4.87. The average Bonchev–Trinajstić information content (AvgIpc) is 3.19. The highest BCUT2D eigenvalue weighted by Gasteiger charge is 2.75. The summed E-state index contributed by atoms with van der Waals surface area (Å²) in [7, 11) is 2.32. The highest BCUT2D eigenvalue weighted by molar-refractivity contribution is 5.99. The lowest BCUT2D eigenvalue weighted by molar-refractivity contribution is -0.949. The molecular weight excluding hydrogens is 545 g/mol. The molecule has 0 radical (unpaired) electrons. The molecule has 3 aliphatic carbocycles. The zero-order valence-electron chi connectivity index (χ0n) is 24.7. The Balaban J connectivity index is 1.46. The molecule has 6 rings (SSSR count). The number of benzene rings is 1. The summed E-state index contributed by atoms with van der Waals surface area (Å²) in [5.74, 6) is -0.871. The van der Waals surface area contributed by atoms with E-state index < -0.39 is 35.3 Å². The summed E-state index contributed by atoms with van der Waals surface area (Å²) in [6, 6.07) is 8.30. The number of carbonyl (C=O) groups excluding carboxylic acids is 2. The van der Waals surface area contributed by atoms with Crippen LogP contribution in [0.5, 0.6) is 0 Å². The van der Waals surface area contributed by atoms with E-state index >= 15 is 0 Å². The largest absolute Gasteiger partial charge is 0.427 e. The fraction of sp³-hybridized carbons (Fsp3) is 0.576. The molecule has 1 spiro atoms. The first-order valence-electron chi connectivity index (χ1n) is 15.1. The Kier molecular flexibility index (Phi) is 7.00. The topological polar surface area (TPSA) is 64.6 Å². The van der Waals surface area contributed by atoms with Gasteiger partial charge in [0, 0.05) is 42.9 Å². The first-order chi connectivity index (χ1) is 19.8. The van der Waals surface area contributed by atoms with Gasteiger partial charge in [0.2, 0.25) is 0 Å². The molecule has 4 fully saturated rings. The van der Waals surface area contributed by atoms with E-state index in [1.54, 1.807) is 30.4 Å². The summed E-state index contributed by atoms with van der Waals surface area (Å²) in [4.78, 5) is 25.8. The van der Waals surface area contributed by atoms with Crippen molar-refractivity contribution < 1.29 is 36.7 Å². The van der Waals surface area contributed by atoms with Crippen LogP contribution in [0.1, 0.15) is 58.4 Å². The lowest BCUT2D eigenvalue weighted by Crippen LogP contribution is -2.72. The monoisotopic (exact) mass is 585 g/mol. The van der Waals surface area contributed by atoms with Gasteiger partial charge in [-0.15, -0.1) is 0 Å². The Bertz CT molecular complexity index is 1370.